The number of benzene rings is 2. The molecule has 0 atom stereocenters. The highest BCUT2D eigenvalue weighted by atomic mass is 79.9. The molecule has 0 amide bonds. The van der Waals surface area contributed by atoms with Crippen LogP contribution in [0.1, 0.15) is 43.2 Å². The topological polar surface area (TPSA) is 74.6 Å². The zero-order valence-corrected chi connectivity index (χ0v) is 18.7. The van der Waals surface area contributed by atoms with E-state index < -0.39 is 11.9 Å². The summed E-state index contributed by atoms with van der Waals surface area (Å²) in [7, 11) is 0. The van der Waals surface area contributed by atoms with Gasteiger partial charge in [0.15, 0.2) is 0 Å². The number of rotatable bonds is 9. The Morgan fingerprint density at radius 3 is 2.11 bits per heavy atom. The van der Waals surface area contributed by atoms with Crippen LogP contribution in [0, 0.1) is 0 Å². The van der Waals surface area contributed by atoms with Gasteiger partial charge in [-0.25, -0.2) is 0 Å². The second-order valence-electron chi connectivity index (χ2n) is 6.12. The summed E-state index contributed by atoms with van der Waals surface area (Å²) in [5, 5.41) is 16.9. The van der Waals surface area contributed by atoms with E-state index in [1.807, 2.05) is 48.6 Å². The van der Waals surface area contributed by atoms with Crippen molar-refractivity contribution < 1.29 is 19.8 Å². The molecule has 28 heavy (non-hydrogen) atoms. The number of aryl methyl sites for hydroxylation is 1. The molecule has 0 aliphatic carbocycles. The average Bonchev–Trinajstić information content (AvgIpc) is 2.63. The Bertz CT molecular complexity index is 788. The number of allylic oxidation sites excluding steroid dienone is 1. The molecule has 0 saturated heterocycles. The van der Waals surface area contributed by atoms with Crippen LogP contribution in [0.25, 0.3) is 6.08 Å². The SMILES string of the molecule is O=C(O)CC/C=C/c1cccc(Br)c1.O=C(O)CCCCc1cccc(Br)c1. The van der Waals surface area contributed by atoms with Gasteiger partial charge in [0.1, 0.15) is 0 Å². The van der Waals surface area contributed by atoms with E-state index in [4.69, 9.17) is 10.2 Å². The highest BCUT2D eigenvalue weighted by molar-refractivity contribution is 9.10. The Hall–Kier alpha value is -1.92. The number of aliphatic carboxylic acids is 2. The van der Waals surface area contributed by atoms with Gasteiger partial charge in [-0.15, -0.1) is 0 Å². The van der Waals surface area contributed by atoms with Gasteiger partial charge in [-0.2, -0.15) is 0 Å². The first-order valence-corrected chi connectivity index (χ1v) is 10.6. The fourth-order valence-electron chi connectivity index (χ4n) is 2.33. The van der Waals surface area contributed by atoms with E-state index in [1.54, 1.807) is 0 Å². The Balaban J connectivity index is 0.000000280. The quantitative estimate of drug-likeness (QED) is 0.373. The standard InChI is InChI=1S/C11H13BrO2.C11H11BrO2/c2*12-10-6-3-5-9(8-10)4-1-2-7-11(13)14/h3,5-6,8H,1-2,4,7H2,(H,13,14);1,3-6,8H,2,7H2,(H,13,14)/b;4-1+. The van der Waals surface area contributed by atoms with E-state index in [1.165, 1.54) is 5.56 Å². The zero-order chi connectivity index (χ0) is 20.8. The van der Waals surface area contributed by atoms with Gasteiger partial charge in [-0.1, -0.05) is 68.3 Å². The lowest BCUT2D eigenvalue weighted by Gasteiger charge is -2.00. The second-order valence-corrected chi connectivity index (χ2v) is 7.95. The van der Waals surface area contributed by atoms with Gasteiger partial charge < -0.3 is 10.2 Å². The number of halogens is 2. The minimum Gasteiger partial charge on any atom is -0.481 e. The summed E-state index contributed by atoms with van der Waals surface area (Å²) in [5.41, 5.74) is 2.33. The Labute approximate surface area is 182 Å². The molecule has 2 rings (SSSR count). The summed E-state index contributed by atoms with van der Waals surface area (Å²) in [4.78, 5) is 20.5. The van der Waals surface area contributed by atoms with Crippen LogP contribution in [0.5, 0.6) is 0 Å². The molecule has 2 aromatic carbocycles. The smallest absolute Gasteiger partial charge is 0.303 e. The molecule has 0 saturated carbocycles. The van der Waals surface area contributed by atoms with Crippen molar-refractivity contribution in [3.63, 3.8) is 0 Å². The summed E-state index contributed by atoms with van der Waals surface area (Å²) >= 11 is 6.77. The lowest BCUT2D eigenvalue weighted by atomic mass is 10.1. The zero-order valence-electron chi connectivity index (χ0n) is 15.5. The van der Waals surface area contributed by atoms with E-state index in [0.717, 1.165) is 33.8 Å². The fraction of sp³-hybridized carbons (Fsp3) is 0.273. The van der Waals surface area contributed by atoms with Crippen LogP contribution in [0.3, 0.4) is 0 Å². The highest BCUT2D eigenvalue weighted by Crippen LogP contribution is 2.14. The third-order valence-electron chi connectivity index (χ3n) is 3.68. The fourth-order valence-corrected chi connectivity index (χ4v) is 3.20. The number of hydrogen-bond donors (Lipinski definition) is 2. The van der Waals surface area contributed by atoms with E-state index in [0.29, 0.717) is 6.42 Å². The largest absolute Gasteiger partial charge is 0.481 e. The molecule has 0 heterocycles. The Morgan fingerprint density at radius 2 is 1.50 bits per heavy atom. The summed E-state index contributed by atoms with van der Waals surface area (Å²) in [6.45, 7) is 0. The summed E-state index contributed by atoms with van der Waals surface area (Å²) < 4.78 is 2.10. The van der Waals surface area contributed by atoms with E-state index in [-0.39, 0.29) is 12.8 Å². The van der Waals surface area contributed by atoms with Crippen molar-refractivity contribution in [3.8, 4) is 0 Å². The highest BCUT2D eigenvalue weighted by Gasteiger charge is 1.98. The van der Waals surface area contributed by atoms with Crippen LogP contribution in [-0.4, -0.2) is 22.2 Å². The molecular weight excluding hydrogens is 488 g/mol. The van der Waals surface area contributed by atoms with Gasteiger partial charge in [0.05, 0.1) is 0 Å². The number of hydrogen-bond acceptors (Lipinski definition) is 2. The van der Waals surface area contributed by atoms with Gasteiger partial charge in [0.2, 0.25) is 0 Å². The van der Waals surface area contributed by atoms with Crippen LogP contribution in [0.2, 0.25) is 0 Å². The van der Waals surface area contributed by atoms with Gasteiger partial charge in [-0.3, -0.25) is 9.59 Å². The maximum atomic E-state index is 10.3. The van der Waals surface area contributed by atoms with Crippen LogP contribution in [0.15, 0.2) is 63.6 Å². The molecule has 0 bridgehead atoms. The van der Waals surface area contributed by atoms with Crippen molar-refractivity contribution in [3.05, 3.63) is 74.7 Å². The normalized spacial score (nSPS) is 10.4. The van der Waals surface area contributed by atoms with E-state index in [9.17, 15) is 9.59 Å². The average molecular weight is 512 g/mol. The number of carbonyl (C=O) groups is 2. The number of carboxylic acid groups (broad SMARTS) is 2. The van der Waals surface area contributed by atoms with Gasteiger partial charge >= 0.3 is 11.9 Å². The summed E-state index contributed by atoms with van der Waals surface area (Å²) in [6, 6.07) is 16.0. The molecule has 150 valence electrons. The van der Waals surface area contributed by atoms with Crippen molar-refractivity contribution in [1.29, 1.82) is 0 Å². The Morgan fingerprint density at radius 1 is 0.857 bits per heavy atom. The molecule has 0 fully saturated rings. The van der Waals surface area contributed by atoms with E-state index >= 15 is 0 Å². The number of unbranched alkanes of at least 4 members (excludes halogenated alkanes) is 1. The maximum Gasteiger partial charge on any atom is 0.303 e. The van der Waals surface area contributed by atoms with Crippen molar-refractivity contribution >= 4 is 49.9 Å². The third-order valence-corrected chi connectivity index (χ3v) is 4.67. The van der Waals surface area contributed by atoms with Crippen LogP contribution >= 0.6 is 31.9 Å². The van der Waals surface area contributed by atoms with Crippen molar-refractivity contribution in [1.82, 2.24) is 0 Å². The van der Waals surface area contributed by atoms with Crippen LogP contribution < -0.4 is 0 Å². The first-order valence-electron chi connectivity index (χ1n) is 8.97. The van der Waals surface area contributed by atoms with Gasteiger partial charge in [-0.05, 0) is 61.1 Å². The van der Waals surface area contributed by atoms with Crippen LogP contribution in [-0.2, 0) is 16.0 Å². The second kappa shape index (κ2) is 14.1. The molecular formula is C22H24Br2O4. The lowest BCUT2D eigenvalue weighted by molar-refractivity contribution is -0.138. The predicted molar refractivity (Wildman–Crippen MR) is 119 cm³/mol. The molecule has 4 nitrogen and oxygen atoms in total. The monoisotopic (exact) mass is 510 g/mol. The first kappa shape index (κ1) is 24.1. The maximum absolute atomic E-state index is 10.3. The molecule has 0 aromatic heterocycles. The lowest BCUT2D eigenvalue weighted by Crippen LogP contribution is -1.94. The van der Waals surface area contributed by atoms with Crippen molar-refractivity contribution in [2.75, 3.05) is 0 Å². The molecule has 0 unspecified atom stereocenters. The summed E-state index contributed by atoms with van der Waals surface area (Å²) in [5.74, 6) is -1.47. The predicted octanol–water partition coefficient (Wildman–Crippen LogP) is 6.57. The van der Waals surface area contributed by atoms with Crippen LogP contribution in [0.4, 0.5) is 0 Å². The number of carboxylic acids is 2. The summed E-state index contributed by atoms with van der Waals surface area (Å²) in [6.07, 6.45) is 7.46. The van der Waals surface area contributed by atoms with Crippen molar-refractivity contribution in [2.45, 2.75) is 38.5 Å². The molecule has 0 aliphatic rings. The minimum absolute atomic E-state index is 0.185. The molecule has 2 N–H and O–H groups in total. The third kappa shape index (κ3) is 12.5. The molecule has 2 aromatic rings. The first-order chi connectivity index (χ1) is 13.4. The van der Waals surface area contributed by atoms with Crippen molar-refractivity contribution in [2.24, 2.45) is 0 Å². The molecule has 0 spiro atoms. The Kier molecular flexibility index (Phi) is 12.2. The van der Waals surface area contributed by atoms with E-state index in [2.05, 4.69) is 44.0 Å². The molecule has 0 aliphatic heterocycles. The van der Waals surface area contributed by atoms with Gasteiger partial charge in [0.25, 0.3) is 0 Å². The molecule has 6 heteroatoms. The minimum atomic E-state index is -0.760. The molecule has 0 radical (unpaired) electrons. The van der Waals surface area contributed by atoms with Gasteiger partial charge in [0, 0.05) is 21.8 Å².